The lowest BCUT2D eigenvalue weighted by Gasteiger charge is -2.22. The number of carbonyl (C=O) groups excluding carboxylic acids is 1. The normalized spacial score (nSPS) is 12.5. The zero-order valence-electron chi connectivity index (χ0n) is 14.7. The first kappa shape index (κ1) is 19.6. The van der Waals surface area contributed by atoms with E-state index < -0.39 is 18.8 Å². The number of benzene rings is 1. The predicted molar refractivity (Wildman–Crippen MR) is 87.8 cm³/mol. The Hall–Kier alpha value is -2.71. The van der Waals surface area contributed by atoms with Crippen molar-refractivity contribution >= 4 is 5.91 Å². The predicted octanol–water partition coefficient (Wildman–Crippen LogP) is 2.88. The van der Waals surface area contributed by atoms with Gasteiger partial charge < -0.3 is 18.9 Å². The lowest BCUT2D eigenvalue weighted by molar-refractivity contribution is -0.141. The minimum atomic E-state index is -4.36. The topological polar surface area (TPSA) is 56.6 Å². The van der Waals surface area contributed by atoms with Gasteiger partial charge in [0.15, 0.2) is 6.10 Å². The van der Waals surface area contributed by atoms with Crippen LogP contribution in [0.2, 0.25) is 0 Å². The summed E-state index contributed by atoms with van der Waals surface area (Å²) in [5.41, 5.74) is 0. The Morgan fingerprint density at radius 3 is 2.46 bits per heavy atom. The van der Waals surface area contributed by atoms with Crippen LogP contribution < -0.4 is 9.47 Å². The zero-order valence-corrected chi connectivity index (χ0v) is 14.7. The first-order valence-electron chi connectivity index (χ1n) is 7.82. The second kappa shape index (κ2) is 8.11. The summed E-state index contributed by atoms with van der Waals surface area (Å²) in [6.07, 6.45) is -2.66. The summed E-state index contributed by atoms with van der Waals surface area (Å²) in [5, 5.41) is 0. The van der Waals surface area contributed by atoms with E-state index in [1.807, 2.05) is 0 Å². The molecule has 1 aromatic carbocycles. The highest BCUT2D eigenvalue weighted by atomic mass is 19.4. The first-order chi connectivity index (χ1) is 12.2. The van der Waals surface area contributed by atoms with E-state index in [1.54, 1.807) is 38.3 Å². The molecule has 1 unspecified atom stereocenters. The highest BCUT2D eigenvalue weighted by Gasteiger charge is 2.29. The van der Waals surface area contributed by atoms with Gasteiger partial charge in [-0.3, -0.25) is 4.79 Å². The van der Waals surface area contributed by atoms with E-state index in [4.69, 9.17) is 9.47 Å². The number of ether oxygens (including phenoxy) is 2. The number of imidazole rings is 1. The first-order valence-corrected chi connectivity index (χ1v) is 7.82. The Morgan fingerprint density at radius 1 is 1.27 bits per heavy atom. The van der Waals surface area contributed by atoms with Crippen molar-refractivity contribution < 1.29 is 27.4 Å². The summed E-state index contributed by atoms with van der Waals surface area (Å²) in [5.74, 6) is 0.917. The van der Waals surface area contributed by atoms with E-state index in [9.17, 15) is 18.0 Å². The summed E-state index contributed by atoms with van der Waals surface area (Å²) in [6, 6.07) is 6.73. The van der Waals surface area contributed by atoms with Gasteiger partial charge in [-0.25, -0.2) is 4.98 Å². The number of nitrogens with zero attached hydrogens (tertiary/aromatic N) is 3. The van der Waals surface area contributed by atoms with Crippen molar-refractivity contribution in [1.29, 1.82) is 0 Å². The molecule has 0 aliphatic carbocycles. The molecule has 0 fully saturated rings. The maximum absolute atomic E-state index is 12.6. The quantitative estimate of drug-likeness (QED) is 0.751. The average Bonchev–Trinajstić information content (AvgIpc) is 2.99. The second-order valence-corrected chi connectivity index (χ2v) is 5.72. The standard InChI is InChI=1S/C17H20F3N3O3/c1-12(26-14-6-4-13(25-3)5-7-14)16(24)22(2)10-15-21-8-9-23(15)11-17(18,19)20/h4-9,12H,10-11H2,1-3H3. The Morgan fingerprint density at radius 2 is 1.88 bits per heavy atom. The molecule has 0 N–H and O–H groups in total. The fourth-order valence-corrected chi connectivity index (χ4v) is 2.34. The third kappa shape index (κ3) is 5.40. The van der Waals surface area contributed by atoms with Crippen LogP contribution in [-0.4, -0.2) is 46.8 Å². The van der Waals surface area contributed by atoms with Crippen molar-refractivity contribution in [3.05, 3.63) is 42.5 Å². The fraction of sp³-hybridized carbons (Fsp3) is 0.412. The number of alkyl halides is 3. The highest BCUT2D eigenvalue weighted by molar-refractivity contribution is 5.80. The molecule has 2 aromatic rings. The number of methoxy groups -OCH3 is 1. The summed E-state index contributed by atoms with van der Waals surface area (Å²) < 4.78 is 49.3. The number of carbonyl (C=O) groups is 1. The van der Waals surface area contributed by atoms with Gasteiger partial charge in [0.1, 0.15) is 23.9 Å². The van der Waals surface area contributed by atoms with E-state index in [1.165, 1.54) is 24.3 Å². The van der Waals surface area contributed by atoms with Crippen molar-refractivity contribution in [1.82, 2.24) is 14.5 Å². The van der Waals surface area contributed by atoms with Crippen LogP contribution in [0.1, 0.15) is 12.7 Å². The molecule has 142 valence electrons. The number of aromatic nitrogens is 2. The zero-order chi connectivity index (χ0) is 19.3. The third-order valence-electron chi connectivity index (χ3n) is 3.63. The number of likely N-dealkylation sites (N-methyl/N-ethyl adjacent to an activating group) is 1. The molecule has 0 saturated carbocycles. The lowest BCUT2D eigenvalue weighted by Crippen LogP contribution is -2.38. The molecule has 1 atom stereocenters. The molecule has 6 nitrogen and oxygen atoms in total. The van der Waals surface area contributed by atoms with Crippen LogP contribution in [0.25, 0.3) is 0 Å². The Bertz CT molecular complexity index is 729. The molecule has 9 heteroatoms. The molecular weight excluding hydrogens is 351 g/mol. The van der Waals surface area contributed by atoms with E-state index >= 15 is 0 Å². The number of rotatable bonds is 7. The van der Waals surface area contributed by atoms with Crippen molar-refractivity contribution in [2.75, 3.05) is 14.2 Å². The van der Waals surface area contributed by atoms with Crippen LogP contribution in [0.5, 0.6) is 11.5 Å². The molecule has 1 aromatic heterocycles. The van der Waals surface area contributed by atoms with Crippen LogP contribution in [0.15, 0.2) is 36.7 Å². The van der Waals surface area contributed by atoms with Crippen LogP contribution in [0.3, 0.4) is 0 Å². The van der Waals surface area contributed by atoms with Gasteiger partial charge in [0.25, 0.3) is 5.91 Å². The van der Waals surface area contributed by atoms with Gasteiger partial charge in [0, 0.05) is 19.4 Å². The molecule has 0 radical (unpaired) electrons. The van der Waals surface area contributed by atoms with E-state index in [0.29, 0.717) is 11.5 Å². The largest absolute Gasteiger partial charge is 0.497 e. The van der Waals surface area contributed by atoms with Crippen LogP contribution in [-0.2, 0) is 17.9 Å². The molecule has 0 bridgehead atoms. The van der Waals surface area contributed by atoms with Crippen molar-refractivity contribution in [2.24, 2.45) is 0 Å². The molecular formula is C17H20F3N3O3. The second-order valence-electron chi connectivity index (χ2n) is 5.72. The van der Waals surface area contributed by atoms with Crippen LogP contribution >= 0.6 is 0 Å². The Balaban J connectivity index is 1.97. The third-order valence-corrected chi connectivity index (χ3v) is 3.63. The smallest absolute Gasteiger partial charge is 0.406 e. The van der Waals surface area contributed by atoms with Gasteiger partial charge >= 0.3 is 6.18 Å². The molecule has 0 saturated heterocycles. The number of amides is 1. The molecule has 0 aliphatic rings. The molecule has 0 aliphatic heterocycles. The van der Waals surface area contributed by atoms with Gasteiger partial charge in [-0.2, -0.15) is 13.2 Å². The summed E-state index contributed by atoms with van der Waals surface area (Å²) in [6.45, 7) is 0.367. The maximum Gasteiger partial charge on any atom is 0.406 e. The maximum atomic E-state index is 12.6. The molecule has 2 rings (SSSR count). The summed E-state index contributed by atoms with van der Waals surface area (Å²) in [4.78, 5) is 17.6. The van der Waals surface area contributed by atoms with Crippen LogP contribution in [0.4, 0.5) is 13.2 Å². The fourth-order valence-electron chi connectivity index (χ4n) is 2.34. The van der Waals surface area contributed by atoms with Crippen molar-refractivity contribution in [3.8, 4) is 11.5 Å². The SMILES string of the molecule is COc1ccc(OC(C)C(=O)N(C)Cc2nccn2CC(F)(F)F)cc1. The monoisotopic (exact) mass is 371 g/mol. The Kier molecular flexibility index (Phi) is 6.12. The van der Waals surface area contributed by atoms with Crippen molar-refractivity contribution in [3.63, 3.8) is 0 Å². The van der Waals surface area contributed by atoms with Gasteiger partial charge in [0.05, 0.1) is 13.7 Å². The van der Waals surface area contributed by atoms with E-state index in [-0.39, 0.29) is 18.3 Å². The average molecular weight is 371 g/mol. The van der Waals surface area contributed by atoms with E-state index in [2.05, 4.69) is 4.98 Å². The van der Waals surface area contributed by atoms with Crippen molar-refractivity contribution in [2.45, 2.75) is 32.3 Å². The lowest BCUT2D eigenvalue weighted by atomic mass is 10.3. The van der Waals surface area contributed by atoms with Crippen LogP contribution in [0, 0.1) is 0 Å². The number of halogens is 3. The Labute approximate surface area is 149 Å². The van der Waals surface area contributed by atoms with Gasteiger partial charge in [0.2, 0.25) is 0 Å². The van der Waals surface area contributed by atoms with E-state index in [0.717, 1.165) is 4.57 Å². The minimum absolute atomic E-state index is 0.0573. The molecule has 26 heavy (non-hydrogen) atoms. The highest BCUT2D eigenvalue weighted by Crippen LogP contribution is 2.20. The number of hydrogen-bond donors (Lipinski definition) is 0. The van der Waals surface area contributed by atoms with Gasteiger partial charge in [-0.15, -0.1) is 0 Å². The summed E-state index contributed by atoms with van der Waals surface area (Å²) in [7, 11) is 3.03. The van der Waals surface area contributed by atoms with Gasteiger partial charge in [-0.1, -0.05) is 0 Å². The molecule has 1 amide bonds. The summed E-state index contributed by atoms with van der Waals surface area (Å²) >= 11 is 0. The minimum Gasteiger partial charge on any atom is -0.497 e. The number of hydrogen-bond acceptors (Lipinski definition) is 4. The molecule has 0 spiro atoms. The molecule has 1 heterocycles. The van der Waals surface area contributed by atoms with Gasteiger partial charge in [-0.05, 0) is 31.2 Å².